The van der Waals surface area contributed by atoms with Crippen molar-refractivity contribution >= 4 is 17.2 Å². The Morgan fingerprint density at radius 3 is 2.65 bits per heavy atom. The highest BCUT2D eigenvalue weighted by molar-refractivity contribution is 7.09. The quantitative estimate of drug-likeness (QED) is 0.652. The second kappa shape index (κ2) is 9.15. The molecule has 1 heterocycles. The van der Waals surface area contributed by atoms with Crippen molar-refractivity contribution in [2.45, 2.75) is 32.9 Å². The first kappa shape index (κ1) is 18.1. The molecule has 5 heteroatoms. The van der Waals surface area contributed by atoms with Crippen molar-refractivity contribution in [2.75, 3.05) is 0 Å². The molecule has 134 valence electrons. The Labute approximate surface area is 157 Å². The van der Waals surface area contributed by atoms with Crippen LogP contribution < -0.4 is 10.1 Å². The summed E-state index contributed by atoms with van der Waals surface area (Å²) in [5.74, 6) is 0.759. The summed E-state index contributed by atoms with van der Waals surface area (Å²) in [6.07, 6.45) is 1.21. The van der Waals surface area contributed by atoms with Gasteiger partial charge in [-0.25, -0.2) is 4.98 Å². The Balaban J connectivity index is 1.55. The minimum atomic E-state index is -0.0317. The average Bonchev–Trinajstić information content (AvgIpc) is 3.13. The highest BCUT2D eigenvalue weighted by Crippen LogP contribution is 2.19. The summed E-state index contributed by atoms with van der Waals surface area (Å²) >= 11 is 1.60. The van der Waals surface area contributed by atoms with Crippen LogP contribution in [0.25, 0.3) is 0 Å². The molecule has 2 aromatic carbocycles. The maximum Gasteiger partial charge on any atom is 0.226 e. The number of thiazole rings is 1. The van der Waals surface area contributed by atoms with Gasteiger partial charge in [0, 0.05) is 17.5 Å². The number of carbonyl (C=O) groups excluding carboxylic acids is 1. The van der Waals surface area contributed by atoms with Gasteiger partial charge >= 0.3 is 0 Å². The lowest BCUT2D eigenvalue weighted by Crippen LogP contribution is -2.25. The fourth-order valence-corrected chi connectivity index (χ4v) is 3.28. The fraction of sp³-hybridized carbons (Fsp3) is 0.238. The van der Waals surface area contributed by atoms with Crippen molar-refractivity contribution < 1.29 is 9.53 Å². The van der Waals surface area contributed by atoms with Gasteiger partial charge in [-0.3, -0.25) is 4.79 Å². The lowest BCUT2D eigenvalue weighted by atomic mass is 10.2. The highest BCUT2D eigenvalue weighted by Gasteiger charge is 2.09. The molecule has 0 saturated carbocycles. The van der Waals surface area contributed by atoms with Crippen LogP contribution in [-0.2, 0) is 30.8 Å². The van der Waals surface area contributed by atoms with Crippen LogP contribution in [0.15, 0.2) is 60.0 Å². The molecule has 0 fully saturated rings. The van der Waals surface area contributed by atoms with E-state index in [0.29, 0.717) is 19.6 Å². The third kappa shape index (κ3) is 5.17. The lowest BCUT2D eigenvalue weighted by Gasteiger charge is -2.12. The van der Waals surface area contributed by atoms with Gasteiger partial charge in [-0.2, -0.15) is 0 Å². The van der Waals surface area contributed by atoms with Gasteiger partial charge in [0.15, 0.2) is 0 Å². The number of nitrogens with zero attached hydrogens (tertiary/aromatic N) is 1. The smallest absolute Gasteiger partial charge is 0.226 e. The molecule has 1 amide bonds. The van der Waals surface area contributed by atoms with E-state index in [4.69, 9.17) is 4.74 Å². The zero-order valence-electron chi connectivity index (χ0n) is 14.8. The molecular weight excluding hydrogens is 344 g/mol. The van der Waals surface area contributed by atoms with Gasteiger partial charge in [-0.05, 0) is 18.1 Å². The molecule has 1 N–H and O–H groups in total. The Morgan fingerprint density at radius 2 is 1.88 bits per heavy atom. The standard InChI is InChI=1S/C21H22N2O2S/c1-2-21-23-18(15-26-21)12-20(24)22-13-17-10-6-7-11-19(17)25-14-16-8-4-3-5-9-16/h3-11,15H,2,12-14H2,1H3,(H,22,24). The zero-order chi connectivity index (χ0) is 18.2. The van der Waals surface area contributed by atoms with Gasteiger partial charge in [-0.15, -0.1) is 11.3 Å². The number of nitrogens with one attached hydrogen (secondary N) is 1. The van der Waals surface area contributed by atoms with Crippen LogP contribution in [0.1, 0.15) is 28.8 Å². The summed E-state index contributed by atoms with van der Waals surface area (Å²) < 4.78 is 5.93. The van der Waals surface area contributed by atoms with E-state index >= 15 is 0 Å². The predicted octanol–water partition coefficient (Wildman–Crippen LogP) is 4.14. The Hall–Kier alpha value is -2.66. The molecule has 0 aliphatic heterocycles. The molecule has 0 atom stereocenters. The lowest BCUT2D eigenvalue weighted by molar-refractivity contribution is -0.120. The van der Waals surface area contributed by atoms with E-state index in [1.165, 1.54) is 0 Å². The fourth-order valence-electron chi connectivity index (χ4n) is 2.54. The molecule has 26 heavy (non-hydrogen) atoms. The van der Waals surface area contributed by atoms with Crippen molar-refractivity contribution in [3.63, 3.8) is 0 Å². The highest BCUT2D eigenvalue weighted by atomic mass is 32.1. The SMILES string of the molecule is CCc1nc(CC(=O)NCc2ccccc2OCc2ccccc2)cs1. The van der Waals surface area contributed by atoms with E-state index in [1.54, 1.807) is 11.3 Å². The zero-order valence-corrected chi connectivity index (χ0v) is 15.6. The van der Waals surface area contributed by atoms with Crippen molar-refractivity contribution in [2.24, 2.45) is 0 Å². The molecule has 0 bridgehead atoms. The molecule has 4 nitrogen and oxygen atoms in total. The van der Waals surface area contributed by atoms with Crippen LogP contribution in [0.4, 0.5) is 0 Å². The molecule has 0 unspecified atom stereocenters. The molecule has 0 spiro atoms. The van der Waals surface area contributed by atoms with Crippen LogP contribution in [0.3, 0.4) is 0 Å². The second-order valence-electron chi connectivity index (χ2n) is 5.92. The summed E-state index contributed by atoms with van der Waals surface area (Å²) in [5, 5.41) is 5.98. The third-order valence-electron chi connectivity index (χ3n) is 3.93. The van der Waals surface area contributed by atoms with Crippen molar-refractivity contribution in [1.29, 1.82) is 0 Å². The molecule has 0 aliphatic rings. The number of carbonyl (C=O) groups is 1. The number of hydrogen-bond donors (Lipinski definition) is 1. The van der Waals surface area contributed by atoms with Gasteiger partial charge < -0.3 is 10.1 Å². The van der Waals surface area contributed by atoms with E-state index in [9.17, 15) is 4.79 Å². The minimum Gasteiger partial charge on any atom is -0.489 e. The van der Waals surface area contributed by atoms with E-state index < -0.39 is 0 Å². The monoisotopic (exact) mass is 366 g/mol. The number of ether oxygens (including phenoxy) is 1. The first-order valence-corrected chi connectivity index (χ1v) is 9.57. The van der Waals surface area contributed by atoms with Crippen molar-refractivity contribution in [3.05, 3.63) is 81.8 Å². The summed E-state index contributed by atoms with van der Waals surface area (Å²) in [6.45, 7) is 3.01. The number of benzene rings is 2. The number of aromatic nitrogens is 1. The maximum atomic E-state index is 12.2. The first-order valence-electron chi connectivity index (χ1n) is 8.69. The number of amides is 1. The van der Waals surface area contributed by atoms with E-state index in [0.717, 1.165) is 34.0 Å². The topological polar surface area (TPSA) is 51.2 Å². The molecular formula is C21H22N2O2S. The number of rotatable bonds is 8. The molecule has 0 aliphatic carbocycles. The van der Waals surface area contributed by atoms with E-state index in [2.05, 4.69) is 17.2 Å². The average molecular weight is 366 g/mol. The van der Waals surface area contributed by atoms with Crippen LogP contribution in [0.5, 0.6) is 5.75 Å². The van der Waals surface area contributed by atoms with Crippen LogP contribution >= 0.6 is 11.3 Å². The largest absolute Gasteiger partial charge is 0.489 e. The van der Waals surface area contributed by atoms with E-state index in [1.807, 2.05) is 60.0 Å². The molecule has 0 radical (unpaired) electrons. The van der Waals surface area contributed by atoms with Crippen molar-refractivity contribution in [1.82, 2.24) is 10.3 Å². The number of hydrogen-bond acceptors (Lipinski definition) is 4. The minimum absolute atomic E-state index is 0.0317. The normalized spacial score (nSPS) is 10.5. The summed E-state index contributed by atoms with van der Waals surface area (Å²) in [7, 11) is 0. The van der Waals surface area contributed by atoms with E-state index in [-0.39, 0.29) is 5.91 Å². The summed E-state index contributed by atoms with van der Waals surface area (Å²) in [4.78, 5) is 16.6. The third-order valence-corrected chi connectivity index (χ3v) is 4.97. The van der Waals surface area contributed by atoms with Gasteiger partial charge in [0.2, 0.25) is 5.91 Å². The van der Waals surface area contributed by atoms with Crippen molar-refractivity contribution in [3.8, 4) is 5.75 Å². The predicted molar refractivity (Wildman–Crippen MR) is 104 cm³/mol. The van der Waals surface area contributed by atoms with Gasteiger partial charge in [0.25, 0.3) is 0 Å². The molecule has 3 aromatic rings. The van der Waals surface area contributed by atoms with Gasteiger partial charge in [-0.1, -0.05) is 55.5 Å². The number of aryl methyl sites for hydroxylation is 1. The summed E-state index contributed by atoms with van der Waals surface area (Å²) in [6, 6.07) is 17.8. The molecule has 0 saturated heterocycles. The second-order valence-corrected chi connectivity index (χ2v) is 6.86. The van der Waals surface area contributed by atoms with Gasteiger partial charge in [0.05, 0.1) is 17.1 Å². The Kier molecular flexibility index (Phi) is 6.39. The molecule has 1 aromatic heterocycles. The first-order chi connectivity index (χ1) is 12.7. The Bertz CT molecular complexity index is 846. The van der Waals surface area contributed by atoms with Gasteiger partial charge in [0.1, 0.15) is 12.4 Å². The molecule has 3 rings (SSSR count). The van der Waals surface area contributed by atoms with Crippen LogP contribution in [0.2, 0.25) is 0 Å². The van der Waals surface area contributed by atoms with Crippen LogP contribution in [-0.4, -0.2) is 10.9 Å². The Morgan fingerprint density at radius 1 is 1.12 bits per heavy atom. The summed E-state index contributed by atoms with van der Waals surface area (Å²) in [5.41, 5.74) is 2.91. The number of para-hydroxylation sites is 1. The van der Waals surface area contributed by atoms with Crippen LogP contribution in [0, 0.1) is 0 Å². The maximum absolute atomic E-state index is 12.2.